The highest BCUT2D eigenvalue weighted by molar-refractivity contribution is 14.0. The summed E-state index contributed by atoms with van der Waals surface area (Å²) in [5.74, 6) is 1.37. The first-order chi connectivity index (χ1) is 11.6. The quantitative estimate of drug-likeness (QED) is 0.396. The molecular formula is C19H25FIN3O. The lowest BCUT2D eigenvalue weighted by atomic mass is 10.1. The van der Waals surface area contributed by atoms with E-state index in [1.54, 1.807) is 33.2 Å². The first kappa shape index (κ1) is 21.2. The number of nitrogens with one attached hydrogen (secondary N) is 2. The molecule has 0 spiro atoms. The minimum absolute atomic E-state index is 0. The highest BCUT2D eigenvalue weighted by Gasteiger charge is 2.02. The number of nitrogens with zero attached hydrogens (tertiary/aromatic N) is 1. The van der Waals surface area contributed by atoms with Crippen LogP contribution >= 0.6 is 24.0 Å². The fraction of sp³-hybridized carbons (Fsp3) is 0.316. The number of aliphatic imine (C=N–C) groups is 1. The molecule has 6 heteroatoms. The van der Waals surface area contributed by atoms with Crippen LogP contribution in [0.3, 0.4) is 0 Å². The summed E-state index contributed by atoms with van der Waals surface area (Å²) in [6.07, 6.45) is 0.858. The standard InChI is InChI=1S/C19H24FN3O.HI/c1-14-7-8-16(12-18(14)20)13-23-19(21-2)22-10-9-15-5-4-6-17(11-15)24-3;/h4-8,11-12H,9-10,13H2,1-3H3,(H2,21,22,23);1H. The number of ether oxygens (including phenoxy) is 1. The summed E-state index contributed by atoms with van der Waals surface area (Å²) in [5, 5.41) is 6.44. The van der Waals surface area contributed by atoms with Gasteiger partial charge in [0.2, 0.25) is 0 Å². The maximum Gasteiger partial charge on any atom is 0.191 e. The van der Waals surface area contributed by atoms with Crippen molar-refractivity contribution in [2.45, 2.75) is 19.9 Å². The van der Waals surface area contributed by atoms with Crippen LogP contribution in [-0.2, 0) is 13.0 Å². The van der Waals surface area contributed by atoms with Crippen LogP contribution in [0.25, 0.3) is 0 Å². The molecule has 0 aliphatic rings. The second-order valence-electron chi connectivity index (χ2n) is 5.54. The lowest BCUT2D eigenvalue weighted by Crippen LogP contribution is -2.37. The van der Waals surface area contributed by atoms with Gasteiger partial charge in [-0.1, -0.05) is 24.3 Å². The first-order valence-electron chi connectivity index (χ1n) is 7.95. The molecule has 0 aliphatic carbocycles. The van der Waals surface area contributed by atoms with E-state index in [1.165, 1.54) is 5.56 Å². The van der Waals surface area contributed by atoms with Gasteiger partial charge >= 0.3 is 0 Å². The third kappa shape index (κ3) is 6.89. The largest absolute Gasteiger partial charge is 0.497 e. The number of rotatable bonds is 6. The van der Waals surface area contributed by atoms with Gasteiger partial charge in [-0.25, -0.2) is 4.39 Å². The van der Waals surface area contributed by atoms with E-state index in [-0.39, 0.29) is 29.8 Å². The van der Waals surface area contributed by atoms with E-state index >= 15 is 0 Å². The van der Waals surface area contributed by atoms with Crippen molar-refractivity contribution in [2.75, 3.05) is 20.7 Å². The summed E-state index contributed by atoms with van der Waals surface area (Å²) in [5.41, 5.74) is 2.73. The molecule has 0 saturated heterocycles. The average Bonchev–Trinajstić information content (AvgIpc) is 2.61. The second-order valence-corrected chi connectivity index (χ2v) is 5.54. The molecule has 2 rings (SSSR count). The monoisotopic (exact) mass is 457 g/mol. The molecule has 25 heavy (non-hydrogen) atoms. The van der Waals surface area contributed by atoms with Gasteiger partial charge in [0.25, 0.3) is 0 Å². The Bertz CT molecular complexity index is 707. The van der Waals surface area contributed by atoms with Crippen LogP contribution in [0.1, 0.15) is 16.7 Å². The molecule has 136 valence electrons. The number of aryl methyl sites for hydroxylation is 1. The van der Waals surface area contributed by atoms with Gasteiger partial charge in [-0.15, -0.1) is 24.0 Å². The Balaban J connectivity index is 0.00000312. The molecule has 2 N–H and O–H groups in total. The highest BCUT2D eigenvalue weighted by atomic mass is 127. The van der Waals surface area contributed by atoms with Gasteiger partial charge in [0, 0.05) is 20.1 Å². The Morgan fingerprint density at radius 1 is 1.12 bits per heavy atom. The number of guanidine groups is 1. The topological polar surface area (TPSA) is 45.7 Å². The van der Waals surface area contributed by atoms with Crippen molar-refractivity contribution in [1.82, 2.24) is 10.6 Å². The van der Waals surface area contributed by atoms with Gasteiger partial charge in [0.15, 0.2) is 5.96 Å². The summed E-state index contributed by atoms with van der Waals surface area (Å²) >= 11 is 0. The zero-order valence-electron chi connectivity index (χ0n) is 14.8. The maximum atomic E-state index is 13.6. The van der Waals surface area contributed by atoms with Crippen LogP contribution in [-0.4, -0.2) is 26.7 Å². The fourth-order valence-electron chi connectivity index (χ4n) is 2.31. The molecule has 2 aromatic rings. The smallest absolute Gasteiger partial charge is 0.191 e. The fourth-order valence-corrected chi connectivity index (χ4v) is 2.31. The Labute approximate surface area is 165 Å². The number of methoxy groups -OCH3 is 1. The molecule has 0 amide bonds. The zero-order valence-corrected chi connectivity index (χ0v) is 17.1. The summed E-state index contributed by atoms with van der Waals surface area (Å²) in [4.78, 5) is 4.18. The molecule has 0 unspecified atom stereocenters. The number of halogens is 2. The molecule has 0 heterocycles. The van der Waals surface area contributed by atoms with Crippen LogP contribution in [0.15, 0.2) is 47.5 Å². The molecule has 0 aliphatic heterocycles. The van der Waals surface area contributed by atoms with E-state index < -0.39 is 0 Å². The van der Waals surface area contributed by atoms with Gasteiger partial charge in [-0.3, -0.25) is 4.99 Å². The molecule has 0 saturated carbocycles. The predicted molar refractivity (Wildman–Crippen MR) is 111 cm³/mol. The Morgan fingerprint density at radius 3 is 2.60 bits per heavy atom. The van der Waals surface area contributed by atoms with Crippen molar-refractivity contribution < 1.29 is 9.13 Å². The normalized spacial score (nSPS) is 10.8. The van der Waals surface area contributed by atoms with Crippen LogP contribution in [0.4, 0.5) is 4.39 Å². The van der Waals surface area contributed by atoms with Crippen molar-refractivity contribution in [1.29, 1.82) is 0 Å². The van der Waals surface area contributed by atoms with Crippen molar-refractivity contribution in [3.8, 4) is 5.75 Å². The molecule has 0 radical (unpaired) electrons. The lowest BCUT2D eigenvalue weighted by molar-refractivity contribution is 0.414. The van der Waals surface area contributed by atoms with E-state index in [2.05, 4.69) is 21.7 Å². The van der Waals surface area contributed by atoms with Crippen LogP contribution < -0.4 is 15.4 Å². The van der Waals surface area contributed by atoms with Crippen molar-refractivity contribution in [2.24, 2.45) is 4.99 Å². The first-order valence-corrected chi connectivity index (χ1v) is 7.95. The third-order valence-corrected chi connectivity index (χ3v) is 3.76. The molecular weight excluding hydrogens is 432 g/mol. The summed E-state index contributed by atoms with van der Waals surface area (Å²) < 4.78 is 18.8. The summed E-state index contributed by atoms with van der Waals surface area (Å²) in [7, 11) is 3.38. The molecule has 0 atom stereocenters. The highest BCUT2D eigenvalue weighted by Crippen LogP contribution is 2.12. The Morgan fingerprint density at radius 2 is 1.92 bits per heavy atom. The van der Waals surface area contributed by atoms with E-state index in [4.69, 9.17) is 4.74 Å². The van der Waals surface area contributed by atoms with Gasteiger partial charge in [-0.2, -0.15) is 0 Å². The van der Waals surface area contributed by atoms with Crippen LogP contribution in [0.5, 0.6) is 5.75 Å². The number of benzene rings is 2. The van der Waals surface area contributed by atoms with Crippen LogP contribution in [0, 0.1) is 12.7 Å². The van der Waals surface area contributed by atoms with Crippen molar-refractivity contribution >= 4 is 29.9 Å². The van der Waals surface area contributed by atoms with E-state index in [9.17, 15) is 4.39 Å². The minimum Gasteiger partial charge on any atom is -0.497 e. The Kier molecular flexibility index (Phi) is 9.26. The Hall–Kier alpha value is -1.83. The zero-order chi connectivity index (χ0) is 17.4. The third-order valence-electron chi connectivity index (χ3n) is 3.76. The van der Waals surface area contributed by atoms with E-state index in [1.807, 2.05) is 24.3 Å². The van der Waals surface area contributed by atoms with E-state index in [0.717, 1.165) is 24.3 Å². The minimum atomic E-state index is -0.185. The summed E-state index contributed by atoms with van der Waals surface area (Å²) in [6, 6.07) is 13.2. The van der Waals surface area contributed by atoms with Crippen LogP contribution in [0.2, 0.25) is 0 Å². The van der Waals surface area contributed by atoms with E-state index in [0.29, 0.717) is 18.1 Å². The van der Waals surface area contributed by atoms with Gasteiger partial charge in [0.1, 0.15) is 11.6 Å². The molecule has 0 aromatic heterocycles. The molecule has 4 nitrogen and oxygen atoms in total. The second kappa shape index (κ2) is 10.9. The van der Waals surface area contributed by atoms with Gasteiger partial charge in [-0.05, 0) is 48.2 Å². The van der Waals surface area contributed by atoms with Crippen molar-refractivity contribution in [3.63, 3.8) is 0 Å². The number of hydrogen-bond acceptors (Lipinski definition) is 2. The summed E-state index contributed by atoms with van der Waals surface area (Å²) in [6.45, 7) is 3.02. The maximum absolute atomic E-state index is 13.6. The lowest BCUT2D eigenvalue weighted by Gasteiger charge is -2.12. The van der Waals surface area contributed by atoms with Crippen molar-refractivity contribution in [3.05, 3.63) is 65.0 Å². The molecule has 0 fully saturated rings. The van der Waals surface area contributed by atoms with Gasteiger partial charge in [0.05, 0.1) is 7.11 Å². The molecule has 0 bridgehead atoms. The molecule has 2 aromatic carbocycles. The number of hydrogen-bond donors (Lipinski definition) is 2. The SMILES string of the molecule is CN=C(NCCc1cccc(OC)c1)NCc1ccc(C)c(F)c1.I. The van der Waals surface area contributed by atoms with Gasteiger partial charge < -0.3 is 15.4 Å². The average molecular weight is 457 g/mol. The predicted octanol–water partition coefficient (Wildman–Crippen LogP) is 3.67.